The molecule has 0 heterocycles. The van der Waals surface area contributed by atoms with Gasteiger partial charge in [0.2, 0.25) is 0 Å². The maximum Gasteiger partial charge on any atom is 0.123 e. The van der Waals surface area contributed by atoms with Crippen molar-refractivity contribution in [2.75, 3.05) is 13.7 Å². The monoisotopic (exact) mass is 355 g/mol. The number of rotatable bonds is 6. The first-order chi connectivity index (χ1) is 9.29. The van der Waals surface area contributed by atoms with Crippen molar-refractivity contribution in [3.63, 3.8) is 0 Å². The van der Waals surface area contributed by atoms with E-state index in [4.69, 9.17) is 16.3 Å². The Bertz CT molecular complexity index is 516. The summed E-state index contributed by atoms with van der Waals surface area (Å²) in [5.41, 5.74) is 2.47. The molecular formula is C16H19BrClNO. The first kappa shape index (κ1) is 17.0. The highest BCUT2D eigenvalue weighted by Crippen LogP contribution is 2.16. The van der Waals surface area contributed by atoms with Gasteiger partial charge in [-0.25, -0.2) is 0 Å². The summed E-state index contributed by atoms with van der Waals surface area (Å²) in [7, 11) is 1.70. The van der Waals surface area contributed by atoms with Crippen LogP contribution in [0.1, 0.15) is 11.1 Å². The Morgan fingerprint density at radius 3 is 2.45 bits per heavy atom. The summed E-state index contributed by atoms with van der Waals surface area (Å²) in [6.07, 6.45) is 0.992. The second-order valence-electron chi connectivity index (χ2n) is 4.37. The largest absolute Gasteiger partial charge is 0.496 e. The fourth-order valence-electron chi connectivity index (χ4n) is 1.96. The Hall–Kier alpha value is -1.03. The minimum absolute atomic E-state index is 0. The Balaban J connectivity index is 0.00000200. The zero-order chi connectivity index (χ0) is 13.5. The van der Waals surface area contributed by atoms with E-state index in [9.17, 15) is 0 Å². The number of hydrogen-bond acceptors (Lipinski definition) is 2. The number of nitrogens with one attached hydrogen (secondary N) is 1. The molecule has 1 N–H and O–H groups in total. The van der Waals surface area contributed by atoms with Crippen molar-refractivity contribution in [2.45, 2.75) is 13.0 Å². The van der Waals surface area contributed by atoms with Crippen LogP contribution in [-0.2, 0) is 13.0 Å². The molecule has 4 heteroatoms. The van der Waals surface area contributed by atoms with Crippen molar-refractivity contribution in [3.8, 4) is 5.75 Å². The smallest absolute Gasteiger partial charge is 0.123 e. The first-order valence-electron chi connectivity index (χ1n) is 6.36. The molecule has 2 nitrogen and oxygen atoms in total. The second kappa shape index (κ2) is 9.01. The maximum atomic E-state index is 5.86. The van der Waals surface area contributed by atoms with Gasteiger partial charge in [0.15, 0.2) is 0 Å². The quantitative estimate of drug-likeness (QED) is 0.781. The van der Waals surface area contributed by atoms with E-state index < -0.39 is 0 Å². The van der Waals surface area contributed by atoms with E-state index in [1.807, 2.05) is 30.3 Å². The lowest BCUT2D eigenvalue weighted by Gasteiger charge is -2.09. The Kier molecular flexibility index (Phi) is 7.67. The van der Waals surface area contributed by atoms with Gasteiger partial charge in [0, 0.05) is 17.1 Å². The fraction of sp³-hybridized carbons (Fsp3) is 0.250. The van der Waals surface area contributed by atoms with E-state index in [0.29, 0.717) is 0 Å². The van der Waals surface area contributed by atoms with Crippen LogP contribution in [0.5, 0.6) is 5.75 Å². The standard InChI is InChI=1S/C16H18ClNO.BrH/c1-19-16-5-3-2-4-14(16)12-18-11-10-13-6-8-15(17)9-7-13;/h2-9,18H,10-12H2,1H3;1H. The molecule has 0 aliphatic carbocycles. The number of methoxy groups -OCH3 is 1. The number of hydrogen-bond donors (Lipinski definition) is 1. The second-order valence-corrected chi connectivity index (χ2v) is 4.80. The molecule has 2 rings (SSSR count). The van der Waals surface area contributed by atoms with E-state index in [2.05, 4.69) is 23.5 Å². The van der Waals surface area contributed by atoms with Crippen LogP contribution in [0, 0.1) is 0 Å². The van der Waals surface area contributed by atoms with Crippen LogP contribution in [0.25, 0.3) is 0 Å². The van der Waals surface area contributed by atoms with Gasteiger partial charge in [0.25, 0.3) is 0 Å². The molecule has 0 spiro atoms. The van der Waals surface area contributed by atoms with Gasteiger partial charge in [-0.15, -0.1) is 17.0 Å². The van der Waals surface area contributed by atoms with Crippen LogP contribution >= 0.6 is 28.6 Å². The summed E-state index contributed by atoms with van der Waals surface area (Å²) in [6.45, 7) is 1.75. The predicted molar refractivity (Wildman–Crippen MR) is 90.2 cm³/mol. The molecule has 0 bridgehead atoms. The molecule has 0 radical (unpaired) electrons. The molecular weight excluding hydrogens is 338 g/mol. The molecule has 0 aliphatic rings. The Labute approximate surface area is 135 Å². The molecule has 2 aromatic carbocycles. The van der Waals surface area contributed by atoms with Crippen LogP contribution in [0.3, 0.4) is 0 Å². The number of halogens is 2. The van der Waals surface area contributed by atoms with Crippen LogP contribution in [0.15, 0.2) is 48.5 Å². The van der Waals surface area contributed by atoms with E-state index >= 15 is 0 Å². The van der Waals surface area contributed by atoms with Crippen molar-refractivity contribution in [1.29, 1.82) is 0 Å². The van der Waals surface area contributed by atoms with Crippen molar-refractivity contribution in [3.05, 3.63) is 64.7 Å². The fourth-order valence-corrected chi connectivity index (χ4v) is 2.08. The molecule has 0 aliphatic heterocycles. The molecule has 20 heavy (non-hydrogen) atoms. The Morgan fingerprint density at radius 2 is 1.75 bits per heavy atom. The van der Waals surface area contributed by atoms with Gasteiger partial charge in [0.05, 0.1) is 7.11 Å². The SMILES string of the molecule is Br.COc1ccccc1CNCCc1ccc(Cl)cc1. The molecule has 108 valence electrons. The molecule has 0 aromatic heterocycles. The molecule has 0 unspecified atom stereocenters. The highest BCUT2D eigenvalue weighted by atomic mass is 79.9. The third-order valence-electron chi connectivity index (χ3n) is 3.01. The summed E-state index contributed by atoms with van der Waals surface area (Å²) >= 11 is 5.86. The third kappa shape index (κ3) is 5.16. The van der Waals surface area contributed by atoms with Gasteiger partial charge in [-0.05, 0) is 36.7 Å². The van der Waals surface area contributed by atoms with Crippen LogP contribution in [0.4, 0.5) is 0 Å². The summed E-state index contributed by atoms with van der Waals surface area (Å²) in [6, 6.07) is 16.0. The predicted octanol–water partition coefficient (Wildman–Crippen LogP) is 4.26. The minimum Gasteiger partial charge on any atom is -0.496 e. The maximum absolute atomic E-state index is 5.86. The van der Waals surface area contributed by atoms with Crippen molar-refractivity contribution >= 4 is 28.6 Å². The number of para-hydroxylation sites is 1. The van der Waals surface area contributed by atoms with Crippen LogP contribution in [0.2, 0.25) is 5.02 Å². The molecule has 0 saturated heterocycles. The average Bonchev–Trinajstić information content (AvgIpc) is 2.46. The normalized spacial score (nSPS) is 9.90. The van der Waals surface area contributed by atoms with Crippen molar-refractivity contribution in [2.24, 2.45) is 0 Å². The third-order valence-corrected chi connectivity index (χ3v) is 3.26. The average molecular weight is 357 g/mol. The lowest BCUT2D eigenvalue weighted by atomic mass is 10.1. The summed E-state index contributed by atoms with van der Waals surface area (Å²) in [4.78, 5) is 0. The highest BCUT2D eigenvalue weighted by Gasteiger charge is 2.00. The lowest BCUT2D eigenvalue weighted by Crippen LogP contribution is -2.17. The topological polar surface area (TPSA) is 21.3 Å². The minimum atomic E-state index is 0. The van der Waals surface area contributed by atoms with Crippen molar-refractivity contribution in [1.82, 2.24) is 5.32 Å². The molecule has 0 fully saturated rings. The lowest BCUT2D eigenvalue weighted by molar-refractivity contribution is 0.408. The van der Waals surface area contributed by atoms with E-state index in [1.165, 1.54) is 11.1 Å². The van der Waals surface area contributed by atoms with Gasteiger partial charge in [-0.1, -0.05) is 41.9 Å². The zero-order valence-corrected chi connectivity index (χ0v) is 13.9. The van der Waals surface area contributed by atoms with E-state index in [0.717, 1.165) is 30.3 Å². The van der Waals surface area contributed by atoms with Gasteiger partial charge in [-0.2, -0.15) is 0 Å². The van der Waals surface area contributed by atoms with E-state index in [-0.39, 0.29) is 17.0 Å². The van der Waals surface area contributed by atoms with Gasteiger partial charge < -0.3 is 10.1 Å². The van der Waals surface area contributed by atoms with Crippen LogP contribution < -0.4 is 10.1 Å². The zero-order valence-electron chi connectivity index (χ0n) is 11.4. The molecule has 0 atom stereocenters. The molecule has 0 saturated carbocycles. The molecule has 2 aromatic rings. The van der Waals surface area contributed by atoms with Gasteiger partial charge in [0.1, 0.15) is 5.75 Å². The number of ether oxygens (including phenoxy) is 1. The van der Waals surface area contributed by atoms with Gasteiger partial charge >= 0.3 is 0 Å². The first-order valence-corrected chi connectivity index (χ1v) is 6.74. The number of benzene rings is 2. The summed E-state index contributed by atoms with van der Waals surface area (Å²) in [5.74, 6) is 0.932. The van der Waals surface area contributed by atoms with Crippen LogP contribution in [-0.4, -0.2) is 13.7 Å². The van der Waals surface area contributed by atoms with Gasteiger partial charge in [-0.3, -0.25) is 0 Å². The van der Waals surface area contributed by atoms with Crippen molar-refractivity contribution < 1.29 is 4.74 Å². The summed E-state index contributed by atoms with van der Waals surface area (Å²) < 4.78 is 5.32. The summed E-state index contributed by atoms with van der Waals surface area (Å²) in [5, 5.41) is 4.21. The highest BCUT2D eigenvalue weighted by molar-refractivity contribution is 8.93. The Morgan fingerprint density at radius 1 is 1.05 bits per heavy atom. The molecule has 0 amide bonds. The van der Waals surface area contributed by atoms with E-state index in [1.54, 1.807) is 7.11 Å².